The van der Waals surface area contributed by atoms with Gasteiger partial charge in [-0.25, -0.2) is 8.42 Å². The van der Waals surface area contributed by atoms with Gasteiger partial charge in [0.25, 0.3) is 0 Å². The lowest BCUT2D eigenvalue weighted by molar-refractivity contribution is -0.120. The molecule has 140 valence electrons. The number of ketones is 1. The highest BCUT2D eigenvalue weighted by Gasteiger charge is 2.16. The molecular formula is C19H17NO4S3. The number of nitrogens with one attached hydrogen (secondary N) is 1. The fraction of sp³-hybridized carbons (Fsp3) is 0.158. The highest BCUT2D eigenvalue weighted by Crippen LogP contribution is 2.22. The summed E-state index contributed by atoms with van der Waals surface area (Å²) >= 11 is 2.72. The van der Waals surface area contributed by atoms with Crippen LogP contribution < -0.4 is 5.32 Å². The van der Waals surface area contributed by atoms with E-state index in [-0.39, 0.29) is 35.3 Å². The summed E-state index contributed by atoms with van der Waals surface area (Å²) in [7, 11) is -3.47. The smallest absolute Gasteiger partial charge is 0.221 e. The monoisotopic (exact) mass is 419 g/mol. The van der Waals surface area contributed by atoms with Crippen LogP contribution in [0.25, 0.3) is 0 Å². The predicted molar refractivity (Wildman–Crippen MR) is 107 cm³/mol. The molecule has 0 bridgehead atoms. The van der Waals surface area contributed by atoms with Crippen LogP contribution in [-0.4, -0.2) is 25.9 Å². The topological polar surface area (TPSA) is 80.3 Å². The quantitative estimate of drug-likeness (QED) is 0.567. The van der Waals surface area contributed by atoms with Crippen molar-refractivity contribution < 1.29 is 18.0 Å². The molecule has 0 aliphatic heterocycles. The summed E-state index contributed by atoms with van der Waals surface area (Å²) in [6.07, 6.45) is -0.108. The number of hydrogen-bond acceptors (Lipinski definition) is 6. The van der Waals surface area contributed by atoms with Gasteiger partial charge in [0.15, 0.2) is 9.84 Å². The Bertz CT molecular complexity index is 1020. The third-order valence-electron chi connectivity index (χ3n) is 3.79. The molecule has 0 saturated carbocycles. The molecule has 1 aromatic carbocycles. The Balaban J connectivity index is 1.51. The van der Waals surface area contributed by atoms with Gasteiger partial charge in [0.05, 0.1) is 26.9 Å². The van der Waals surface area contributed by atoms with Crippen LogP contribution >= 0.6 is 22.7 Å². The number of carbonyl (C=O) groups is 2. The molecule has 3 aromatic rings. The summed E-state index contributed by atoms with van der Waals surface area (Å²) in [5, 5.41) is 4.56. The first kappa shape index (κ1) is 19.5. The fourth-order valence-electron chi connectivity index (χ4n) is 2.37. The maximum absolute atomic E-state index is 12.3. The average molecular weight is 420 g/mol. The van der Waals surface area contributed by atoms with Crippen LogP contribution in [0.4, 0.5) is 0 Å². The Kier molecular flexibility index (Phi) is 6.20. The second-order valence-corrected chi connectivity index (χ2v) is 9.96. The lowest BCUT2D eigenvalue weighted by Gasteiger charge is -2.05. The molecule has 2 aromatic heterocycles. The third kappa shape index (κ3) is 5.12. The number of rotatable bonds is 8. The zero-order chi connectivity index (χ0) is 19.3. The fourth-order valence-corrected chi connectivity index (χ4v) is 5.28. The van der Waals surface area contributed by atoms with Gasteiger partial charge in [-0.3, -0.25) is 9.59 Å². The van der Waals surface area contributed by atoms with Crippen molar-refractivity contribution in [3.05, 3.63) is 74.6 Å². The molecule has 0 atom stereocenters. The van der Waals surface area contributed by atoms with E-state index < -0.39 is 9.84 Å². The molecule has 0 spiro atoms. The summed E-state index contributed by atoms with van der Waals surface area (Å²) < 4.78 is 24.4. The van der Waals surface area contributed by atoms with Crippen LogP contribution in [0.15, 0.2) is 64.9 Å². The van der Waals surface area contributed by atoms with E-state index in [9.17, 15) is 18.0 Å². The van der Waals surface area contributed by atoms with Crippen molar-refractivity contribution in [1.29, 1.82) is 0 Å². The average Bonchev–Trinajstić information content (AvgIpc) is 3.37. The number of hydrogen-bond donors (Lipinski definition) is 1. The number of carbonyl (C=O) groups excluding carboxylic acids is 2. The molecule has 0 unspecified atom stereocenters. The molecule has 0 radical (unpaired) electrons. The second-order valence-electron chi connectivity index (χ2n) is 5.73. The van der Waals surface area contributed by atoms with Gasteiger partial charge in [0, 0.05) is 11.3 Å². The summed E-state index contributed by atoms with van der Waals surface area (Å²) in [6, 6.07) is 15.2. The van der Waals surface area contributed by atoms with Crippen molar-refractivity contribution in [3.8, 4) is 0 Å². The minimum Gasteiger partial charge on any atom is -0.351 e. The molecule has 27 heavy (non-hydrogen) atoms. The standard InChI is InChI=1S/C19H17NO4S3/c21-18(10-12-27(23,24)15-5-2-1-3-6-15)20-13-14-8-9-17(26-14)19(22)16-7-4-11-25-16/h1-9,11H,10,12-13H2,(H,20,21). The van der Waals surface area contributed by atoms with Gasteiger partial charge in [-0.15, -0.1) is 22.7 Å². The van der Waals surface area contributed by atoms with Crippen LogP contribution in [0.3, 0.4) is 0 Å². The maximum atomic E-state index is 12.3. The predicted octanol–water partition coefficient (Wildman–Crippen LogP) is 3.52. The Morgan fingerprint density at radius 1 is 0.926 bits per heavy atom. The molecule has 1 N–H and O–H groups in total. The van der Waals surface area contributed by atoms with Gasteiger partial charge < -0.3 is 5.32 Å². The number of thiophene rings is 2. The van der Waals surface area contributed by atoms with Crippen LogP contribution in [0, 0.1) is 0 Å². The van der Waals surface area contributed by atoms with Crippen LogP contribution in [0.1, 0.15) is 25.8 Å². The highest BCUT2D eigenvalue weighted by molar-refractivity contribution is 7.91. The van der Waals surface area contributed by atoms with E-state index in [2.05, 4.69) is 5.32 Å². The van der Waals surface area contributed by atoms with Gasteiger partial charge in [-0.2, -0.15) is 0 Å². The summed E-state index contributed by atoms with van der Waals surface area (Å²) in [5.74, 6) is -0.606. The van der Waals surface area contributed by atoms with Gasteiger partial charge in [0.1, 0.15) is 0 Å². The Labute approximate surface area is 165 Å². The van der Waals surface area contributed by atoms with E-state index in [0.29, 0.717) is 9.75 Å². The van der Waals surface area contributed by atoms with Gasteiger partial charge in [-0.1, -0.05) is 24.3 Å². The molecule has 5 nitrogen and oxygen atoms in total. The molecule has 0 aliphatic carbocycles. The first-order chi connectivity index (χ1) is 13.0. The highest BCUT2D eigenvalue weighted by atomic mass is 32.2. The van der Waals surface area contributed by atoms with Gasteiger partial charge in [-0.05, 0) is 35.7 Å². The molecule has 0 fully saturated rings. The van der Waals surface area contributed by atoms with E-state index in [0.717, 1.165) is 4.88 Å². The van der Waals surface area contributed by atoms with Crippen molar-refractivity contribution in [2.45, 2.75) is 17.9 Å². The molecule has 1 amide bonds. The minimum absolute atomic E-state index is 0.0264. The Morgan fingerprint density at radius 2 is 1.70 bits per heavy atom. The molecule has 3 rings (SSSR count). The Hall–Kier alpha value is -2.29. The normalized spacial score (nSPS) is 11.3. The zero-order valence-electron chi connectivity index (χ0n) is 14.3. The second kappa shape index (κ2) is 8.60. The van der Waals surface area contributed by atoms with Crippen molar-refractivity contribution in [1.82, 2.24) is 5.32 Å². The summed E-state index contributed by atoms with van der Waals surface area (Å²) in [5.41, 5.74) is 0. The molecule has 8 heteroatoms. The van der Waals surface area contributed by atoms with E-state index in [1.807, 2.05) is 11.4 Å². The van der Waals surface area contributed by atoms with Gasteiger partial charge >= 0.3 is 0 Å². The molecule has 2 heterocycles. The number of benzene rings is 1. The van der Waals surface area contributed by atoms with Crippen LogP contribution in [-0.2, 0) is 21.2 Å². The largest absolute Gasteiger partial charge is 0.351 e. The SMILES string of the molecule is O=C(CCS(=O)(=O)c1ccccc1)NCc1ccc(C(=O)c2cccs2)s1. The first-order valence-electron chi connectivity index (χ1n) is 8.17. The van der Waals surface area contributed by atoms with Gasteiger partial charge in [0.2, 0.25) is 11.7 Å². The summed E-state index contributed by atoms with van der Waals surface area (Å²) in [4.78, 5) is 26.6. The van der Waals surface area contributed by atoms with E-state index in [4.69, 9.17) is 0 Å². The molecular weight excluding hydrogens is 402 g/mol. The third-order valence-corrected chi connectivity index (χ3v) is 7.47. The number of amides is 1. The van der Waals surface area contributed by atoms with E-state index >= 15 is 0 Å². The van der Waals surface area contributed by atoms with Crippen LogP contribution in [0.5, 0.6) is 0 Å². The number of sulfone groups is 1. The lowest BCUT2D eigenvalue weighted by atomic mass is 10.3. The summed E-state index contributed by atoms with van der Waals surface area (Å²) in [6.45, 7) is 0.270. The van der Waals surface area contributed by atoms with Crippen molar-refractivity contribution in [2.75, 3.05) is 5.75 Å². The van der Waals surface area contributed by atoms with E-state index in [1.165, 1.54) is 34.8 Å². The van der Waals surface area contributed by atoms with Crippen molar-refractivity contribution in [2.24, 2.45) is 0 Å². The van der Waals surface area contributed by atoms with Crippen molar-refractivity contribution in [3.63, 3.8) is 0 Å². The zero-order valence-corrected chi connectivity index (χ0v) is 16.7. The maximum Gasteiger partial charge on any atom is 0.221 e. The van der Waals surface area contributed by atoms with Crippen LogP contribution in [0.2, 0.25) is 0 Å². The molecule has 0 aliphatic rings. The molecule has 0 saturated heterocycles. The van der Waals surface area contributed by atoms with Crippen molar-refractivity contribution >= 4 is 44.2 Å². The van der Waals surface area contributed by atoms with E-state index in [1.54, 1.807) is 36.4 Å². The minimum atomic E-state index is -3.47. The Morgan fingerprint density at radius 3 is 2.41 bits per heavy atom. The lowest BCUT2D eigenvalue weighted by Crippen LogP contribution is -2.24. The first-order valence-corrected chi connectivity index (χ1v) is 11.5.